The third-order valence-corrected chi connectivity index (χ3v) is 5.00. The first-order valence-corrected chi connectivity index (χ1v) is 8.35. The van der Waals surface area contributed by atoms with Crippen LogP contribution >= 0.6 is 35.0 Å². The Morgan fingerprint density at radius 3 is 2.77 bits per heavy atom. The van der Waals surface area contributed by atoms with Gasteiger partial charge in [0, 0.05) is 22.6 Å². The highest BCUT2D eigenvalue weighted by molar-refractivity contribution is 7.99. The van der Waals surface area contributed by atoms with Crippen LogP contribution in [0.5, 0.6) is 0 Å². The van der Waals surface area contributed by atoms with Gasteiger partial charge in [-0.3, -0.25) is 0 Å². The molecule has 0 aromatic heterocycles. The summed E-state index contributed by atoms with van der Waals surface area (Å²) in [6.07, 6.45) is 0.760. The Labute approximate surface area is 142 Å². The quantitative estimate of drug-likeness (QED) is 0.561. The van der Waals surface area contributed by atoms with Gasteiger partial charge in [-0.05, 0) is 24.3 Å². The van der Waals surface area contributed by atoms with E-state index in [4.69, 9.17) is 28.0 Å². The van der Waals surface area contributed by atoms with Gasteiger partial charge < -0.3 is 4.84 Å². The zero-order valence-corrected chi connectivity index (χ0v) is 13.7. The standard InChI is InChI=1S/C16H11Cl2NO2S/c17-12-6-5-10(9-13(12)18)16(20)21-19-14-7-8-22-15-4-2-1-3-11(14)15/h1-6,9H,7-8H2/b19-14+. The van der Waals surface area contributed by atoms with E-state index in [1.165, 1.54) is 6.07 Å². The predicted octanol–water partition coefficient (Wildman–Crippen LogP) is 5.05. The van der Waals surface area contributed by atoms with Crippen molar-refractivity contribution in [2.75, 3.05) is 5.75 Å². The maximum Gasteiger partial charge on any atom is 0.365 e. The second kappa shape index (κ2) is 6.73. The van der Waals surface area contributed by atoms with Crippen molar-refractivity contribution in [2.24, 2.45) is 5.16 Å². The fraction of sp³-hybridized carbons (Fsp3) is 0.125. The number of hydrogen-bond donors (Lipinski definition) is 0. The number of halogens is 2. The van der Waals surface area contributed by atoms with Crippen molar-refractivity contribution in [3.05, 3.63) is 63.6 Å². The summed E-state index contributed by atoms with van der Waals surface area (Å²) in [7, 11) is 0. The number of carbonyl (C=O) groups excluding carboxylic acids is 1. The van der Waals surface area contributed by atoms with E-state index in [9.17, 15) is 4.79 Å². The topological polar surface area (TPSA) is 38.7 Å². The molecule has 22 heavy (non-hydrogen) atoms. The average Bonchev–Trinajstić information content (AvgIpc) is 2.55. The summed E-state index contributed by atoms with van der Waals surface area (Å²) < 4.78 is 0. The molecule has 3 rings (SSSR count). The van der Waals surface area contributed by atoms with Crippen LogP contribution in [0.1, 0.15) is 22.3 Å². The van der Waals surface area contributed by atoms with Gasteiger partial charge in [0.05, 0.1) is 21.3 Å². The van der Waals surface area contributed by atoms with E-state index >= 15 is 0 Å². The number of fused-ring (bicyclic) bond motifs is 1. The average molecular weight is 352 g/mol. The lowest BCUT2D eigenvalue weighted by atomic mass is 10.1. The van der Waals surface area contributed by atoms with Crippen LogP contribution < -0.4 is 0 Å². The zero-order valence-electron chi connectivity index (χ0n) is 11.4. The van der Waals surface area contributed by atoms with Crippen molar-refractivity contribution in [3.63, 3.8) is 0 Å². The number of oxime groups is 1. The minimum Gasteiger partial charge on any atom is -0.313 e. The molecule has 0 fully saturated rings. The molecule has 0 unspecified atom stereocenters. The number of thioether (sulfide) groups is 1. The van der Waals surface area contributed by atoms with Gasteiger partial charge in [0.2, 0.25) is 0 Å². The molecule has 0 amide bonds. The Bertz CT molecular complexity index is 762. The van der Waals surface area contributed by atoms with Crippen LogP contribution in [-0.2, 0) is 4.84 Å². The minimum absolute atomic E-state index is 0.309. The highest BCUT2D eigenvalue weighted by Gasteiger charge is 2.17. The van der Waals surface area contributed by atoms with E-state index in [1.807, 2.05) is 24.3 Å². The molecule has 112 valence electrons. The monoisotopic (exact) mass is 351 g/mol. The van der Waals surface area contributed by atoms with Gasteiger partial charge in [0.15, 0.2) is 0 Å². The van der Waals surface area contributed by atoms with Crippen molar-refractivity contribution < 1.29 is 9.63 Å². The molecule has 0 aliphatic carbocycles. The smallest absolute Gasteiger partial charge is 0.313 e. The summed E-state index contributed by atoms with van der Waals surface area (Å²) in [4.78, 5) is 18.2. The maximum absolute atomic E-state index is 12.0. The Morgan fingerprint density at radius 2 is 1.95 bits per heavy atom. The Morgan fingerprint density at radius 1 is 1.14 bits per heavy atom. The molecule has 2 aromatic rings. The lowest BCUT2D eigenvalue weighted by Crippen LogP contribution is -2.11. The molecule has 1 heterocycles. The van der Waals surface area contributed by atoms with E-state index in [0.717, 1.165) is 28.3 Å². The van der Waals surface area contributed by atoms with E-state index in [1.54, 1.807) is 23.9 Å². The lowest BCUT2D eigenvalue weighted by molar-refractivity contribution is 0.0516. The fourth-order valence-electron chi connectivity index (χ4n) is 2.09. The van der Waals surface area contributed by atoms with E-state index in [2.05, 4.69) is 5.16 Å². The summed E-state index contributed by atoms with van der Waals surface area (Å²) in [5.41, 5.74) is 2.11. The molecule has 6 heteroatoms. The minimum atomic E-state index is -0.554. The van der Waals surface area contributed by atoms with Crippen LogP contribution in [0.25, 0.3) is 0 Å². The summed E-state index contributed by atoms with van der Waals surface area (Å²) in [5, 5.41) is 4.73. The highest BCUT2D eigenvalue weighted by Crippen LogP contribution is 2.30. The SMILES string of the molecule is O=C(O/N=C1\CCSc2ccccc21)c1ccc(Cl)c(Cl)c1. The van der Waals surface area contributed by atoms with Crippen LogP contribution in [-0.4, -0.2) is 17.4 Å². The van der Waals surface area contributed by atoms with Crippen LogP contribution in [0, 0.1) is 0 Å². The number of hydrogen-bond acceptors (Lipinski definition) is 4. The second-order valence-corrected chi connectivity index (χ2v) is 6.59. The predicted molar refractivity (Wildman–Crippen MR) is 90.2 cm³/mol. The molecule has 2 aromatic carbocycles. The van der Waals surface area contributed by atoms with Crippen molar-refractivity contribution in [1.82, 2.24) is 0 Å². The molecule has 0 spiro atoms. The largest absolute Gasteiger partial charge is 0.365 e. The van der Waals surface area contributed by atoms with Gasteiger partial charge in [-0.2, -0.15) is 0 Å². The summed E-state index contributed by atoms with van der Waals surface area (Å²) in [6.45, 7) is 0. The van der Waals surface area contributed by atoms with Gasteiger partial charge >= 0.3 is 5.97 Å². The van der Waals surface area contributed by atoms with Crippen molar-refractivity contribution >= 4 is 46.6 Å². The number of rotatable bonds is 2. The molecule has 0 bridgehead atoms. The molecule has 0 saturated heterocycles. The maximum atomic E-state index is 12.0. The van der Waals surface area contributed by atoms with Gasteiger partial charge in [-0.1, -0.05) is 46.6 Å². The number of benzene rings is 2. The molecule has 0 radical (unpaired) electrons. The fourth-order valence-corrected chi connectivity index (χ4v) is 3.42. The van der Waals surface area contributed by atoms with Gasteiger partial charge in [-0.25, -0.2) is 4.79 Å². The summed E-state index contributed by atoms with van der Waals surface area (Å²) >= 11 is 13.5. The lowest BCUT2D eigenvalue weighted by Gasteiger charge is -2.16. The molecule has 3 nitrogen and oxygen atoms in total. The highest BCUT2D eigenvalue weighted by atomic mass is 35.5. The molecule has 0 atom stereocenters. The number of nitrogens with zero attached hydrogens (tertiary/aromatic N) is 1. The van der Waals surface area contributed by atoms with E-state index in [0.29, 0.717) is 15.6 Å². The third-order valence-electron chi connectivity index (χ3n) is 3.19. The first-order chi connectivity index (χ1) is 10.6. The van der Waals surface area contributed by atoms with Crippen LogP contribution in [0.3, 0.4) is 0 Å². The van der Waals surface area contributed by atoms with Crippen molar-refractivity contribution in [2.45, 2.75) is 11.3 Å². The van der Waals surface area contributed by atoms with Crippen LogP contribution in [0.2, 0.25) is 10.0 Å². The van der Waals surface area contributed by atoms with Crippen LogP contribution in [0.4, 0.5) is 0 Å². The first-order valence-electron chi connectivity index (χ1n) is 6.60. The van der Waals surface area contributed by atoms with Crippen molar-refractivity contribution in [3.8, 4) is 0 Å². The van der Waals surface area contributed by atoms with Crippen LogP contribution in [0.15, 0.2) is 52.5 Å². The Kier molecular flexibility index (Phi) is 4.71. The summed E-state index contributed by atoms with van der Waals surface area (Å²) in [6, 6.07) is 12.5. The Balaban J connectivity index is 1.79. The normalized spacial score (nSPS) is 15.5. The summed E-state index contributed by atoms with van der Waals surface area (Å²) in [5.74, 6) is 0.363. The molecule has 1 aliphatic rings. The van der Waals surface area contributed by atoms with Gasteiger partial charge in [0.25, 0.3) is 0 Å². The number of carbonyl (C=O) groups is 1. The molecule has 0 saturated carbocycles. The van der Waals surface area contributed by atoms with Gasteiger partial charge in [-0.15, -0.1) is 11.8 Å². The molecular weight excluding hydrogens is 341 g/mol. The van der Waals surface area contributed by atoms with E-state index < -0.39 is 5.97 Å². The first kappa shape index (κ1) is 15.4. The second-order valence-electron chi connectivity index (χ2n) is 4.64. The van der Waals surface area contributed by atoms with Crippen molar-refractivity contribution in [1.29, 1.82) is 0 Å². The zero-order chi connectivity index (χ0) is 15.5. The van der Waals surface area contributed by atoms with E-state index in [-0.39, 0.29) is 0 Å². The third kappa shape index (κ3) is 3.29. The Hall–Kier alpha value is -1.49. The molecule has 1 aliphatic heterocycles. The molecular formula is C16H11Cl2NO2S. The van der Waals surface area contributed by atoms with Gasteiger partial charge in [0.1, 0.15) is 0 Å². The molecule has 0 N–H and O–H groups in total.